The van der Waals surface area contributed by atoms with E-state index in [1.54, 1.807) is 7.11 Å². The van der Waals surface area contributed by atoms with Crippen LogP contribution in [0.15, 0.2) is 24.3 Å². The van der Waals surface area contributed by atoms with Gasteiger partial charge in [-0.05, 0) is 25.1 Å². The maximum absolute atomic E-state index is 5.46. The van der Waals surface area contributed by atoms with Crippen LogP contribution in [-0.2, 0) is 0 Å². The molecule has 0 saturated heterocycles. The number of benzene rings is 1. The minimum Gasteiger partial charge on any atom is -0.497 e. The van der Waals surface area contributed by atoms with Gasteiger partial charge in [-0.3, -0.25) is 0 Å². The quantitative estimate of drug-likeness (QED) is 0.771. The molecule has 0 fully saturated rings. The van der Waals surface area contributed by atoms with Crippen molar-refractivity contribution >= 4 is 5.69 Å². The van der Waals surface area contributed by atoms with E-state index in [0.29, 0.717) is 0 Å². The van der Waals surface area contributed by atoms with E-state index in [2.05, 4.69) is 18.0 Å². The van der Waals surface area contributed by atoms with Gasteiger partial charge in [0.1, 0.15) is 5.75 Å². The van der Waals surface area contributed by atoms with Gasteiger partial charge in [-0.25, -0.2) is 0 Å². The lowest BCUT2D eigenvalue weighted by molar-refractivity contribution is 0.415. The molecule has 0 unspecified atom stereocenters. The Balaban J connectivity index is 2.64. The van der Waals surface area contributed by atoms with Crippen LogP contribution in [0, 0.1) is 0 Å². The highest BCUT2D eigenvalue weighted by Crippen LogP contribution is 2.19. The monoisotopic (exact) mass is 194 g/mol. The fourth-order valence-corrected chi connectivity index (χ4v) is 1.31. The van der Waals surface area contributed by atoms with Crippen molar-refractivity contribution in [3.05, 3.63) is 24.3 Å². The Bertz CT molecular complexity index is 276. The second-order valence-electron chi connectivity index (χ2n) is 3.27. The van der Waals surface area contributed by atoms with Crippen molar-refractivity contribution in [1.29, 1.82) is 0 Å². The number of hydrogen-bond acceptors (Lipinski definition) is 3. The van der Waals surface area contributed by atoms with Gasteiger partial charge >= 0.3 is 0 Å². The second-order valence-corrected chi connectivity index (χ2v) is 3.27. The van der Waals surface area contributed by atoms with E-state index in [-0.39, 0.29) is 0 Å². The van der Waals surface area contributed by atoms with Crippen LogP contribution in [0.2, 0.25) is 0 Å². The van der Waals surface area contributed by atoms with E-state index >= 15 is 0 Å². The molecule has 1 aromatic carbocycles. The Morgan fingerprint density at radius 3 is 2.86 bits per heavy atom. The van der Waals surface area contributed by atoms with Crippen LogP contribution in [0.3, 0.4) is 0 Å². The molecule has 0 aliphatic carbocycles. The number of anilines is 1. The minimum absolute atomic E-state index is 0.730. The van der Waals surface area contributed by atoms with Crippen molar-refractivity contribution < 1.29 is 4.74 Å². The van der Waals surface area contributed by atoms with Gasteiger partial charge < -0.3 is 15.4 Å². The summed E-state index contributed by atoms with van der Waals surface area (Å²) >= 11 is 0. The average molecular weight is 194 g/mol. The van der Waals surface area contributed by atoms with Crippen molar-refractivity contribution in [2.45, 2.75) is 6.42 Å². The fourth-order valence-electron chi connectivity index (χ4n) is 1.31. The molecule has 0 radical (unpaired) electrons. The molecule has 78 valence electrons. The standard InChI is InChI=1S/C11H18N2O/c1-13(8-4-7-12)10-5-3-6-11(9-10)14-2/h3,5-6,9H,4,7-8,12H2,1-2H3. The summed E-state index contributed by atoms with van der Waals surface area (Å²) in [5, 5.41) is 0. The molecule has 0 atom stereocenters. The van der Waals surface area contributed by atoms with Crippen molar-refractivity contribution in [3.8, 4) is 5.75 Å². The third-order valence-corrected chi connectivity index (χ3v) is 2.19. The van der Waals surface area contributed by atoms with E-state index in [1.807, 2.05) is 18.2 Å². The van der Waals surface area contributed by atoms with E-state index in [1.165, 1.54) is 0 Å². The van der Waals surface area contributed by atoms with Gasteiger partial charge in [-0.15, -0.1) is 0 Å². The highest BCUT2D eigenvalue weighted by atomic mass is 16.5. The van der Waals surface area contributed by atoms with Gasteiger partial charge in [0.2, 0.25) is 0 Å². The summed E-state index contributed by atoms with van der Waals surface area (Å²) in [6, 6.07) is 8.03. The summed E-state index contributed by atoms with van der Waals surface area (Å²) in [6.07, 6.45) is 1.01. The summed E-state index contributed by atoms with van der Waals surface area (Å²) in [6.45, 7) is 1.71. The Hall–Kier alpha value is -1.22. The van der Waals surface area contributed by atoms with Crippen molar-refractivity contribution in [1.82, 2.24) is 0 Å². The van der Waals surface area contributed by atoms with Gasteiger partial charge in [-0.2, -0.15) is 0 Å². The third kappa shape index (κ3) is 2.92. The zero-order chi connectivity index (χ0) is 10.4. The summed E-state index contributed by atoms with van der Waals surface area (Å²) < 4.78 is 5.16. The first-order chi connectivity index (χ1) is 6.77. The molecular formula is C11H18N2O. The predicted molar refractivity (Wildman–Crippen MR) is 59.9 cm³/mol. The Kier molecular flexibility index (Phi) is 4.26. The number of methoxy groups -OCH3 is 1. The van der Waals surface area contributed by atoms with Crippen LogP contribution in [0.1, 0.15) is 6.42 Å². The average Bonchev–Trinajstić information content (AvgIpc) is 2.26. The zero-order valence-electron chi connectivity index (χ0n) is 8.86. The summed E-state index contributed by atoms with van der Waals surface area (Å²) in [7, 11) is 3.74. The zero-order valence-corrected chi connectivity index (χ0v) is 8.86. The molecule has 2 N–H and O–H groups in total. The first-order valence-corrected chi connectivity index (χ1v) is 4.83. The lowest BCUT2D eigenvalue weighted by Gasteiger charge is -2.19. The lowest BCUT2D eigenvalue weighted by atomic mass is 10.2. The van der Waals surface area contributed by atoms with E-state index < -0.39 is 0 Å². The van der Waals surface area contributed by atoms with Gasteiger partial charge in [-0.1, -0.05) is 6.07 Å². The highest BCUT2D eigenvalue weighted by Gasteiger charge is 2.00. The topological polar surface area (TPSA) is 38.5 Å². The normalized spacial score (nSPS) is 9.93. The van der Waals surface area contributed by atoms with Crippen molar-refractivity contribution in [3.63, 3.8) is 0 Å². The molecular weight excluding hydrogens is 176 g/mol. The van der Waals surface area contributed by atoms with Crippen LogP contribution in [0.25, 0.3) is 0 Å². The molecule has 0 spiro atoms. The first kappa shape index (κ1) is 10.9. The fraction of sp³-hybridized carbons (Fsp3) is 0.455. The van der Waals surface area contributed by atoms with Gasteiger partial charge in [0.05, 0.1) is 7.11 Å². The van der Waals surface area contributed by atoms with Crippen LogP contribution < -0.4 is 15.4 Å². The molecule has 0 aliphatic heterocycles. The van der Waals surface area contributed by atoms with Crippen LogP contribution >= 0.6 is 0 Å². The van der Waals surface area contributed by atoms with Gasteiger partial charge in [0, 0.05) is 25.3 Å². The maximum atomic E-state index is 5.46. The van der Waals surface area contributed by atoms with Crippen molar-refractivity contribution in [2.75, 3.05) is 32.1 Å². The molecule has 0 saturated carbocycles. The molecule has 1 aromatic rings. The number of nitrogens with two attached hydrogens (primary N) is 1. The molecule has 0 heterocycles. The molecule has 1 rings (SSSR count). The van der Waals surface area contributed by atoms with E-state index in [4.69, 9.17) is 10.5 Å². The Labute approximate surface area is 85.5 Å². The van der Waals surface area contributed by atoms with Crippen LogP contribution in [0.4, 0.5) is 5.69 Å². The summed E-state index contributed by atoms with van der Waals surface area (Å²) in [5.41, 5.74) is 6.62. The Morgan fingerprint density at radius 1 is 1.43 bits per heavy atom. The molecule has 0 amide bonds. The molecule has 0 aliphatic rings. The predicted octanol–water partition coefficient (Wildman–Crippen LogP) is 1.48. The van der Waals surface area contributed by atoms with Gasteiger partial charge in [0.25, 0.3) is 0 Å². The van der Waals surface area contributed by atoms with Crippen LogP contribution in [0.5, 0.6) is 5.75 Å². The highest BCUT2D eigenvalue weighted by molar-refractivity contribution is 5.49. The van der Waals surface area contributed by atoms with Crippen LogP contribution in [-0.4, -0.2) is 27.2 Å². The smallest absolute Gasteiger partial charge is 0.120 e. The van der Waals surface area contributed by atoms with Crippen molar-refractivity contribution in [2.24, 2.45) is 5.73 Å². The second kappa shape index (κ2) is 5.50. The molecule has 3 nitrogen and oxygen atoms in total. The lowest BCUT2D eigenvalue weighted by Crippen LogP contribution is -2.20. The molecule has 0 bridgehead atoms. The largest absolute Gasteiger partial charge is 0.497 e. The number of nitrogens with zero attached hydrogens (tertiary/aromatic N) is 1. The van der Waals surface area contributed by atoms with Gasteiger partial charge in [0.15, 0.2) is 0 Å². The van der Waals surface area contributed by atoms with E-state index in [9.17, 15) is 0 Å². The molecule has 3 heteroatoms. The maximum Gasteiger partial charge on any atom is 0.120 e. The summed E-state index contributed by atoms with van der Waals surface area (Å²) in [5.74, 6) is 0.891. The number of ether oxygens (including phenoxy) is 1. The number of rotatable bonds is 5. The third-order valence-electron chi connectivity index (χ3n) is 2.19. The number of hydrogen-bond donors (Lipinski definition) is 1. The SMILES string of the molecule is COc1cccc(N(C)CCCN)c1. The Morgan fingerprint density at radius 2 is 2.21 bits per heavy atom. The molecule has 0 aromatic heterocycles. The minimum atomic E-state index is 0.730. The summed E-state index contributed by atoms with van der Waals surface area (Å²) in [4.78, 5) is 2.18. The van der Waals surface area contributed by atoms with E-state index in [0.717, 1.165) is 30.9 Å². The first-order valence-electron chi connectivity index (χ1n) is 4.83. The molecule has 14 heavy (non-hydrogen) atoms.